The molecular weight excluding hydrogens is 240 g/mol. The Morgan fingerprint density at radius 3 is 3.00 bits per heavy atom. The zero-order valence-electron chi connectivity index (χ0n) is 11.5. The van der Waals surface area contributed by atoms with Crippen LogP contribution >= 0.6 is 0 Å². The van der Waals surface area contributed by atoms with Crippen LogP contribution in [0, 0.1) is 6.92 Å². The van der Waals surface area contributed by atoms with Gasteiger partial charge in [0, 0.05) is 24.6 Å². The van der Waals surface area contributed by atoms with Gasteiger partial charge in [-0.05, 0) is 25.6 Å². The quantitative estimate of drug-likeness (QED) is 0.824. The summed E-state index contributed by atoms with van der Waals surface area (Å²) in [6.45, 7) is 7.12. The molecule has 2 aromatic rings. The van der Waals surface area contributed by atoms with Gasteiger partial charge in [0.05, 0.1) is 18.6 Å². The van der Waals surface area contributed by atoms with Gasteiger partial charge >= 0.3 is 0 Å². The van der Waals surface area contributed by atoms with Gasteiger partial charge in [0.2, 0.25) is 0 Å². The molecule has 102 valence electrons. The average molecular weight is 260 g/mol. The molecule has 19 heavy (non-hydrogen) atoms. The van der Waals surface area contributed by atoms with Crippen molar-refractivity contribution in [1.82, 2.24) is 19.9 Å². The van der Waals surface area contributed by atoms with Gasteiger partial charge in [-0.25, -0.2) is 4.98 Å². The molecule has 0 aliphatic heterocycles. The molecule has 0 aliphatic rings. The molecule has 0 unspecified atom stereocenters. The summed E-state index contributed by atoms with van der Waals surface area (Å²) in [6.07, 6.45) is 5.48. The SMILES string of the molecule is CCNCc1nc(C)ccc1OCCn1ccnc1. The van der Waals surface area contributed by atoms with Crippen LogP contribution in [0.15, 0.2) is 30.9 Å². The van der Waals surface area contributed by atoms with Crippen LogP contribution in [0.5, 0.6) is 5.75 Å². The van der Waals surface area contributed by atoms with Crippen LogP contribution in [0.3, 0.4) is 0 Å². The van der Waals surface area contributed by atoms with Gasteiger partial charge in [0.25, 0.3) is 0 Å². The lowest BCUT2D eigenvalue weighted by molar-refractivity contribution is 0.293. The number of nitrogens with one attached hydrogen (secondary N) is 1. The number of imidazole rings is 1. The Labute approximate surface area is 113 Å². The van der Waals surface area contributed by atoms with Gasteiger partial charge < -0.3 is 14.6 Å². The Morgan fingerprint density at radius 1 is 1.37 bits per heavy atom. The van der Waals surface area contributed by atoms with E-state index in [1.165, 1.54) is 0 Å². The van der Waals surface area contributed by atoms with E-state index in [4.69, 9.17) is 4.74 Å². The molecule has 2 rings (SSSR count). The predicted octanol–water partition coefficient (Wildman–Crippen LogP) is 1.78. The van der Waals surface area contributed by atoms with E-state index in [9.17, 15) is 0 Å². The highest BCUT2D eigenvalue weighted by atomic mass is 16.5. The highest BCUT2D eigenvalue weighted by Crippen LogP contribution is 2.16. The van der Waals surface area contributed by atoms with Crippen molar-refractivity contribution in [2.45, 2.75) is 26.9 Å². The van der Waals surface area contributed by atoms with Crippen molar-refractivity contribution in [2.75, 3.05) is 13.2 Å². The maximum atomic E-state index is 5.81. The minimum absolute atomic E-state index is 0.611. The number of hydrogen-bond donors (Lipinski definition) is 1. The average Bonchev–Trinajstić information content (AvgIpc) is 2.91. The standard InChI is InChI=1S/C14H20N4O/c1-3-15-10-13-14(5-4-12(2)17-13)19-9-8-18-7-6-16-11-18/h4-7,11,15H,3,8-10H2,1-2H3. The minimum atomic E-state index is 0.611. The first-order valence-corrected chi connectivity index (χ1v) is 6.55. The van der Waals surface area contributed by atoms with Crippen LogP contribution in [-0.2, 0) is 13.1 Å². The molecule has 5 nitrogen and oxygen atoms in total. The summed E-state index contributed by atoms with van der Waals surface area (Å²) in [7, 11) is 0. The van der Waals surface area contributed by atoms with E-state index in [0.717, 1.165) is 36.8 Å². The van der Waals surface area contributed by atoms with E-state index in [2.05, 4.69) is 22.2 Å². The Bertz CT molecular complexity index is 496. The van der Waals surface area contributed by atoms with Gasteiger partial charge in [-0.15, -0.1) is 0 Å². The Morgan fingerprint density at radius 2 is 2.26 bits per heavy atom. The molecule has 0 radical (unpaired) electrons. The maximum absolute atomic E-state index is 5.81. The molecule has 2 heterocycles. The summed E-state index contributed by atoms with van der Waals surface area (Å²) in [5.74, 6) is 0.853. The third-order valence-electron chi connectivity index (χ3n) is 2.78. The van der Waals surface area contributed by atoms with Crippen LogP contribution in [0.25, 0.3) is 0 Å². The van der Waals surface area contributed by atoms with E-state index in [1.807, 2.05) is 29.8 Å². The summed E-state index contributed by atoms with van der Waals surface area (Å²) in [5, 5.41) is 3.28. The molecule has 1 N–H and O–H groups in total. The lowest BCUT2D eigenvalue weighted by Crippen LogP contribution is -2.15. The zero-order valence-corrected chi connectivity index (χ0v) is 11.5. The molecule has 0 atom stereocenters. The van der Waals surface area contributed by atoms with Crippen molar-refractivity contribution in [1.29, 1.82) is 0 Å². The summed E-state index contributed by atoms with van der Waals surface area (Å²) < 4.78 is 7.80. The smallest absolute Gasteiger partial charge is 0.142 e. The molecule has 0 bridgehead atoms. The highest BCUT2D eigenvalue weighted by Gasteiger charge is 2.05. The van der Waals surface area contributed by atoms with E-state index in [-0.39, 0.29) is 0 Å². The van der Waals surface area contributed by atoms with Crippen molar-refractivity contribution in [3.05, 3.63) is 42.2 Å². The van der Waals surface area contributed by atoms with Gasteiger partial charge in [0.1, 0.15) is 12.4 Å². The topological polar surface area (TPSA) is 52.0 Å². The molecule has 2 aromatic heterocycles. The fourth-order valence-electron chi connectivity index (χ4n) is 1.78. The Hall–Kier alpha value is -1.88. The molecule has 0 saturated heterocycles. The first-order chi connectivity index (χ1) is 9.29. The third-order valence-corrected chi connectivity index (χ3v) is 2.78. The molecule has 5 heteroatoms. The van der Waals surface area contributed by atoms with Crippen molar-refractivity contribution < 1.29 is 4.74 Å². The first kappa shape index (κ1) is 13.5. The zero-order chi connectivity index (χ0) is 13.5. The second kappa shape index (κ2) is 6.89. The monoisotopic (exact) mass is 260 g/mol. The number of ether oxygens (including phenoxy) is 1. The highest BCUT2D eigenvalue weighted by molar-refractivity contribution is 5.29. The summed E-state index contributed by atoms with van der Waals surface area (Å²) in [4.78, 5) is 8.52. The van der Waals surface area contributed by atoms with Crippen molar-refractivity contribution in [3.8, 4) is 5.75 Å². The molecule has 0 fully saturated rings. The van der Waals surface area contributed by atoms with E-state index in [0.29, 0.717) is 6.61 Å². The number of hydrogen-bond acceptors (Lipinski definition) is 4. The second-order valence-electron chi connectivity index (χ2n) is 4.33. The third kappa shape index (κ3) is 4.06. The Kier molecular flexibility index (Phi) is 4.92. The lowest BCUT2D eigenvalue weighted by atomic mass is 10.3. The largest absolute Gasteiger partial charge is 0.490 e. The molecular formula is C14H20N4O. The van der Waals surface area contributed by atoms with Crippen molar-refractivity contribution >= 4 is 0 Å². The fourth-order valence-corrected chi connectivity index (χ4v) is 1.78. The predicted molar refractivity (Wildman–Crippen MR) is 74.1 cm³/mol. The van der Waals surface area contributed by atoms with E-state index < -0.39 is 0 Å². The second-order valence-corrected chi connectivity index (χ2v) is 4.33. The molecule has 0 saturated carbocycles. The number of pyridine rings is 1. The normalized spacial score (nSPS) is 10.6. The summed E-state index contributed by atoms with van der Waals surface area (Å²) >= 11 is 0. The lowest BCUT2D eigenvalue weighted by Gasteiger charge is -2.12. The first-order valence-electron chi connectivity index (χ1n) is 6.55. The number of aryl methyl sites for hydroxylation is 1. The fraction of sp³-hybridized carbons (Fsp3) is 0.429. The number of rotatable bonds is 7. The van der Waals surface area contributed by atoms with E-state index >= 15 is 0 Å². The van der Waals surface area contributed by atoms with Crippen LogP contribution in [0.1, 0.15) is 18.3 Å². The van der Waals surface area contributed by atoms with E-state index in [1.54, 1.807) is 12.5 Å². The molecule has 0 spiro atoms. The Balaban J connectivity index is 1.94. The minimum Gasteiger partial charge on any atom is -0.490 e. The van der Waals surface area contributed by atoms with Gasteiger partial charge in [-0.3, -0.25) is 4.98 Å². The van der Waals surface area contributed by atoms with Crippen LogP contribution in [0.2, 0.25) is 0 Å². The van der Waals surface area contributed by atoms with Gasteiger partial charge in [-0.1, -0.05) is 6.92 Å². The molecule has 0 aliphatic carbocycles. The van der Waals surface area contributed by atoms with Crippen LogP contribution in [-0.4, -0.2) is 27.7 Å². The van der Waals surface area contributed by atoms with Crippen LogP contribution in [0.4, 0.5) is 0 Å². The van der Waals surface area contributed by atoms with Crippen LogP contribution < -0.4 is 10.1 Å². The molecule has 0 aromatic carbocycles. The summed E-state index contributed by atoms with van der Waals surface area (Å²) in [5.41, 5.74) is 1.97. The van der Waals surface area contributed by atoms with Crippen molar-refractivity contribution in [3.63, 3.8) is 0 Å². The number of nitrogens with zero attached hydrogens (tertiary/aromatic N) is 3. The maximum Gasteiger partial charge on any atom is 0.142 e. The molecule has 0 amide bonds. The van der Waals surface area contributed by atoms with Gasteiger partial charge in [-0.2, -0.15) is 0 Å². The van der Waals surface area contributed by atoms with Gasteiger partial charge in [0.15, 0.2) is 0 Å². The van der Waals surface area contributed by atoms with Crippen molar-refractivity contribution in [2.24, 2.45) is 0 Å². The summed E-state index contributed by atoms with van der Waals surface area (Å²) in [6, 6.07) is 3.96. The number of aromatic nitrogens is 3.